The molecule has 0 amide bonds. The van der Waals surface area contributed by atoms with Gasteiger partial charge in [0.05, 0.1) is 0 Å². The number of nitrogens with zero attached hydrogens (tertiary/aromatic N) is 1. The van der Waals surface area contributed by atoms with Gasteiger partial charge in [0.15, 0.2) is 0 Å². The Morgan fingerprint density at radius 2 is 0.755 bits per heavy atom. The fourth-order valence-electron chi connectivity index (χ4n) is 8.22. The third-order valence-corrected chi connectivity index (χ3v) is 11.3. The summed E-state index contributed by atoms with van der Waals surface area (Å²) in [6, 6.07) is 73.1. The number of benzene rings is 8. The molecule has 1 aliphatic carbocycles. The number of fused-ring (bicyclic) bond motifs is 3. The molecule has 8 aromatic carbocycles. The Hall–Kier alpha value is -6.44. The molecule has 0 saturated heterocycles. The second kappa shape index (κ2) is 13.6. The van der Waals surface area contributed by atoms with Crippen LogP contribution in [0.4, 0.5) is 17.1 Å². The van der Waals surface area contributed by atoms with Crippen LogP contribution in [-0.4, -0.2) is 0 Å². The van der Waals surface area contributed by atoms with Crippen LogP contribution in [0.5, 0.6) is 0 Å². The van der Waals surface area contributed by atoms with E-state index in [2.05, 4.69) is 219 Å². The average molecular weight is 680 g/mol. The number of rotatable bonds is 8. The summed E-state index contributed by atoms with van der Waals surface area (Å²) in [5, 5.41) is 0. The van der Waals surface area contributed by atoms with Crippen LogP contribution in [0.2, 0.25) is 0 Å². The molecule has 9 rings (SSSR count). The van der Waals surface area contributed by atoms with Gasteiger partial charge < -0.3 is 4.90 Å². The summed E-state index contributed by atoms with van der Waals surface area (Å²) in [6.45, 7) is 4.72. The van der Waals surface area contributed by atoms with Crippen molar-refractivity contribution in [1.82, 2.24) is 0 Å². The zero-order valence-electron chi connectivity index (χ0n) is 30.2. The molecule has 53 heavy (non-hydrogen) atoms. The van der Waals surface area contributed by atoms with Gasteiger partial charge >= 0.3 is 0 Å². The molecule has 8 aromatic rings. The lowest BCUT2D eigenvalue weighted by atomic mass is 9.78. The summed E-state index contributed by atoms with van der Waals surface area (Å²) in [5.74, 6) is 0. The van der Waals surface area contributed by atoms with Gasteiger partial charge in [0.25, 0.3) is 0 Å². The topological polar surface area (TPSA) is 3.24 Å². The van der Waals surface area contributed by atoms with Crippen LogP contribution in [0.25, 0.3) is 55.6 Å². The first kappa shape index (κ1) is 32.5. The summed E-state index contributed by atoms with van der Waals surface area (Å²) in [7, 11) is 0. The van der Waals surface area contributed by atoms with Crippen molar-refractivity contribution in [2.24, 2.45) is 0 Å². The molecule has 1 heteroatoms. The first-order valence-electron chi connectivity index (χ1n) is 18.7. The molecule has 0 saturated carbocycles. The number of anilines is 3. The lowest BCUT2D eigenvalue weighted by Gasteiger charge is -2.30. The third kappa shape index (κ3) is 5.85. The first-order chi connectivity index (χ1) is 26.1. The molecule has 1 atom stereocenters. The Kier molecular flexibility index (Phi) is 8.33. The van der Waals surface area contributed by atoms with Crippen molar-refractivity contribution in [3.8, 4) is 55.6 Å². The van der Waals surface area contributed by atoms with Gasteiger partial charge in [-0.3, -0.25) is 0 Å². The quantitative estimate of drug-likeness (QED) is 0.154. The highest BCUT2D eigenvalue weighted by Crippen LogP contribution is 2.52. The van der Waals surface area contributed by atoms with Crippen LogP contribution < -0.4 is 4.90 Å². The van der Waals surface area contributed by atoms with E-state index in [0.29, 0.717) is 0 Å². The largest absolute Gasteiger partial charge is 0.310 e. The van der Waals surface area contributed by atoms with Crippen LogP contribution in [0.1, 0.15) is 31.4 Å². The van der Waals surface area contributed by atoms with Crippen molar-refractivity contribution < 1.29 is 0 Å². The van der Waals surface area contributed by atoms with Gasteiger partial charge in [-0.1, -0.05) is 178 Å². The van der Waals surface area contributed by atoms with Gasteiger partial charge in [0.2, 0.25) is 0 Å². The van der Waals surface area contributed by atoms with Crippen LogP contribution in [0.15, 0.2) is 200 Å². The van der Waals surface area contributed by atoms with Crippen molar-refractivity contribution in [3.05, 3.63) is 211 Å². The molecule has 0 aliphatic heterocycles. The normalized spacial score (nSPS) is 14.4. The Labute approximate surface area is 313 Å². The SMILES string of the molecule is CCC1(C)c2ccccc2-c2ccc(N(c3ccc(-c4ccccc4)cc3)c3ccc(-c4ccccc4)c(-c4ccc(-c5ccccc5)cc4)c3)cc21. The lowest BCUT2D eigenvalue weighted by Crippen LogP contribution is -2.20. The molecule has 0 spiro atoms. The smallest absolute Gasteiger partial charge is 0.0468 e. The monoisotopic (exact) mass is 679 g/mol. The lowest BCUT2D eigenvalue weighted by molar-refractivity contribution is 0.564. The van der Waals surface area contributed by atoms with E-state index < -0.39 is 0 Å². The van der Waals surface area contributed by atoms with E-state index in [0.717, 1.165) is 23.5 Å². The highest BCUT2D eigenvalue weighted by Gasteiger charge is 2.38. The fourth-order valence-corrected chi connectivity index (χ4v) is 8.22. The summed E-state index contributed by atoms with van der Waals surface area (Å²) in [4.78, 5) is 2.44. The van der Waals surface area contributed by atoms with Crippen molar-refractivity contribution in [2.75, 3.05) is 4.90 Å². The number of hydrogen-bond donors (Lipinski definition) is 0. The van der Waals surface area contributed by atoms with E-state index >= 15 is 0 Å². The Bertz CT molecular complexity index is 2520. The Balaban J connectivity index is 1.22. The molecule has 1 aliphatic rings. The van der Waals surface area contributed by atoms with Gasteiger partial charge in [0, 0.05) is 22.5 Å². The van der Waals surface area contributed by atoms with E-state index in [1.807, 2.05) is 0 Å². The molecule has 0 radical (unpaired) electrons. The van der Waals surface area contributed by atoms with E-state index in [9.17, 15) is 0 Å². The molecule has 0 heterocycles. The first-order valence-corrected chi connectivity index (χ1v) is 18.7. The Morgan fingerprint density at radius 1 is 0.340 bits per heavy atom. The van der Waals surface area contributed by atoms with Gasteiger partial charge in [0.1, 0.15) is 0 Å². The van der Waals surface area contributed by atoms with Gasteiger partial charge in [-0.05, 0) is 110 Å². The average Bonchev–Trinajstić information content (AvgIpc) is 3.49. The minimum absolute atomic E-state index is 0.0619. The van der Waals surface area contributed by atoms with Gasteiger partial charge in [-0.2, -0.15) is 0 Å². The minimum atomic E-state index is -0.0619. The zero-order chi connectivity index (χ0) is 35.8. The van der Waals surface area contributed by atoms with Crippen LogP contribution in [-0.2, 0) is 5.41 Å². The van der Waals surface area contributed by atoms with Crippen LogP contribution in [0.3, 0.4) is 0 Å². The third-order valence-electron chi connectivity index (χ3n) is 11.3. The molecule has 1 nitrogen and oxygen atoms in total. The molecule has 0 fully saturated rings. The second-order valence-corrected chi connectivity index (χ2v) is 14.2. The molecular formula is C52H41N. The fraction of sp³-hybridized carbons (Fsp3) is 0.0769. The highest BCUT2D eigenvalue weighted by atomic mass is 15.1. The van der Waals surface area contributed by atoms with Crippen LogP contribution in [0, 0.1) is 0 Å². The van der Waals surface area contributed by atoms with E-state index in [-0.39, 0.29) is 5.41 Å². The van der Waals surface area contributed by atoms with Crippen molar-refractivity contribution in [1.29, 1.82) is 0 Å². The second-order valence-electron chi connectivity index (χ2n) is 14.2. The van der Waals surface area contributed by atoms with E-state index in [4.69, 9.17) is 0 Å². The molecule has 1 unspecified atom stereocenters. The standard InChI is InChI=1S/C52H41N/c1-3-52(2)50-22-14-13-21-47(50)48-34-32-45(36-51(48)52)53(43-29-27-40(28-30-43)38-17-9-5-10-18-38)44-31-33-46(41-19-11-6-12-20-41)49(35-44)42-25-23-39(24-26-42)37-15-7-4-8-16-37/h4-36H,3H2,1-2H3. The predicted molar refractivity (Wildman–Crippen MR) is 225 cm³/mol. The molecular weight excluding hydrogens is 639 g/mol. The molecule has 254 valence electrons. The maximum Gasteiger partial charge on any atom is 0.0468 e. The maximum absolute atomic E-state index is 2.45. The van der Waals surface area contributed by atoms with E-state index in [1.54, 1.807) is 0 Å². The molecule has 0 aromatic heterocycles. The zero-order valence-corrected chi connectivity index (χ0v) is 30.2. The Morgan fingerprint density at radius 3 is 1.36 bits per heavy atom. The summed E-state index contributed by atoms with van der Waals surface area (Å²) < 4.78 is 0. The van der Waals surface area contributed by atoms with E-state index in [1.165, 1.54) is 66.8 Å². The minimum Gasteiger partial charge on any atom is -0.310 e. The highest BCUT2D eigenvalue weighted by molar-refractivity contribution is 5.91. The number of hydrogen-bond acceptors (Lipinski definition) is 1. The van der Waals surface area contributed by atoms with Crippen molar-refractivity contribution in [3.63, 3.8) is 0 Å². The summed E-state index contributed by atoms with van der Waals surface area (Å²) >= 11 is 0. The van der Waals surface area contributed by atoms with Crippen molar-refractivity contribution in [2.45, 2.75) is 25.7 Å². The summed E-state index contributed by atoms with van der Waals surface area (Å²) in [6.07, 6.45) is 1.03. The predicted octanol–water partition coefficient (Wildman–Crippen LogP) is 14.5. The van der Waals surface area contributed by atoms with Crippen LogP contribution >= 0.6 is 0 Å². The van der Waals surface area contributed by atoms with Crippen molar-refractivity contribution >= 4 is 17.1 Å². The maximum atomic E-state index is 2.45. The molecule has 0 bridgehead atoms. The van der Waals surface area contributed by atoms with Gasteiger partial charge in [-0.15, -0.1) is 0 Å². The van der Waals surface area contributed by atoms with Gasteiger partial charge in [-0.25, -0.2) is 0 Å². The molecule has 0 N–H and O–H groups in total. The summed E-state index contributed by atoms with van der Waals surface area (Å²) in [5.41, 5.74) is 18.5.